The summed E-state index contributed by atoms with van der Waals surface area (Å²) in [5.74, 6) is -0.477. The molecule has 0 aliphatic carbocycles. The molecule has 0 aromatic heterocycles. The van der Waals surface area contributed by atoms with Gasteiger partial charge in [-0.3, -0.25) is 0 Å². The van der Waals surface area contributed by atoms with Crippen LogP contribution in [0.2, 0.25) is 0 Å². The fourth-order valence-corrected chi connectivity index (χ4v) is 2.19. The Hall–Kier alpha value is -1.09. The van der Waals surface area contributed by atoms with Crippen LogP contribution in [0.5, 0.6) is 5.75 Å². The molecule has 0 saturated carbocycles. The van der Waals surface area contributed by atoms with E-state index in [2.05, 4.69) is 5.32 Å². The maximum absolute atomic E-state index is 13.7. The lowest BCUT2D eigenvalue weighted by molar-refractivity contribution is 0.408. The van der Waals surface area contributed by atoms with Crippen molar-refractivity contribution in [1.82, 2.24) is 5.32 Å². The molecule has 1 aromatic rings. The van der Waals surface area contributed by atoms with E-state index >= 15 is 0 Å². The Morgan fingerprint density at radius 2 is 2.27 bits per heavy atom. The predicted octanol–water partition coefficient (Wildman–Crippen LogP) is 2.31. The van der Waals surface area contributed by atoms with Gasteiger partial charge in [-0.05, 0) is 49.4 Å². The first-order valence-corrected chi connectivity index (χ1v) is 5.38. The second-order valence-corrected chi connectivity index (χ2v) is 4.23. The fourth-order valence-electron chi connectivity index (χ4n) is 2.19. The molecule has 1 aliphatic heterocycles. The molecule has 0 radical (unpaired) electrons. The van der Waals surface area contributed by atoms with Crippen molar-refractivity contribution in [3.63, 3.8) is 0 Å². The van der Waals surface area contributed by atoms with Gasteiger partial charge in [0.1, 0.15) is 0 Å². The molecule has 1 saturated heterocycles. The van der Waals surface area contributed by atoms with Crippen LogP contribution in [0.15, 0.2) is 12.1 Å². The zero-order valence-electron chi connectivity index (χ0n) is 8.89. The summed E-state index contributed by atoms with van der Waals surface area (Å²) in [7, 11) is 0. The van der Waals surface area contributed by atoms with Crippen LogP contribution in [0.25, 0.3) is 0 Å². The van der Waals surface area contributed by atoms with Gasteiger partial charge in [0, 0.05) is 6.54 Å². The highest BCUT2D eigenvalue weighted by Crippen LogP contribution is 2.30. The summed E-state index contributed by atoms with van der Waals surface area (Å²) in [5, 5.41) is 12.7. The number of aromatic hydroxyl groups is 1. The third-order valence-corrected chi connectivity index (χ3v) is 2.96. The lowest BCUT2D eigenvalue weighted by atomic mass is 9.90. The van der Waals surface area contributed by atoms with E-state index in [0.717, 1.165) is 31.5 Å². The molecule has 2 nitrogen and oxygen atoms in total. The Kier molecular flexibility index (Phi) is 2.91. The average Bonchev–Trinajstić information content (AvgIpc) is 2.24. The van der Waals surface area contributed by atoms with Crippen LogP contribution in [0.1, 0.15) is 29.9 Å². The molecule has 3 heteroatoms. The maximum Gasteiger partial charge on any atom is 0.168 e. The number of phenolic OH excluding ortho intramolecular Hbond substituents is 1. The first-order valence-electron chi connectivity index (χ1n) is 5.38. The second kappa shape index (κ2) is 4.19. The maximum atomic E-state index is 13.7. The first kappa shape index (κ1) is 10.4. The first-order chi connectivity index (χ1) is 7.18. The van der Waals surface area contributed by atoms with Gasteiger partial charge in [0.15, 0.2) is 11.6 Å². The average molecular weight is 209 g/mol. The number of aryl methyl sites for hydroxylation is 1. The third-order valence-electron chi connectivity index (χ3n) is 2.96. The Balaban J connectivity index is 2.33. The summed E-state index contributed by atoms with van der Waals surface area (Å²) in [6.45, 7) is 3.69. The highest BCUT2D eigenvalue weighted by molar-refractivity contribution is 5.37. The highest BCUT2D eigenvalue weighted by Gasteiger charge is 2.20. The van der Waals surface area contributed by atoms with E-state index in [-0.39, 0.29) is 11.7 Å². The van der Waals surface area contributed by atoms with Crippen molar-refractivity contribution in [3.8, 4) is 5.75 Å². The standard InChI is InChI=1S/C12H16FNO/c1-8-5-10(12(13)11(15)6-8)9-3-2-4-14-7-9/h5-6,9,14-15H,2-4,7H2,1H3. The van der Waals surface area contributed by atoms with Gasteiger partial charge in [-0.25, -0.2) is 4.39 Å². The summed E-state index contributed by atoms with van der Waals surface area (Å²) in [5.41, 5.74) is 1.56. The minimum atomic E-state index is -0.450. The van der Waals surface area contributed by atoms with E-state index in [1.165, 1.54) is 6.07 Å². The molecule has 1 atom stereocenters. The molecule has 15 heavy (non-hydrogen) atoms. The number of rotatable bonds is 1. The van der Waals surface area contributed by atoms with E-state index < -0.39 is 5.82 Å². The number of benzene rings is 1. The summed E-state index contributed by atoms with van der Waals surface area (Å²) in [6.07, 6.45) is 2.06. The molecule has 2 N–H and O–H groups in total. The number of phenols is 1. The number of halogens is 1. The monoisotopic (exact) mass is 209 g/mol. The van der Waals surface area contributed by atoms with Crippen molar-refractivity contribution in [2.24, 2.45) is 0 Å². The molecular weight excluding hydrogens is 193 g/mol. The molecule has 1 unspecified atom stereocenters. The topological polar surface area (TPSA) is 32.3 Å². The SMILES string of the molecule is Cc1cc(O)c(F)c(C2CCCNC2)c1. The summed E-state index contributed by atoms with van der Waals surface area (Å²) < 4.78 is 13.7. The van der Waals surface area contributed by atoms with Crippen LogP contribution in [0, 0.1) is 12.7 Å². The van der Waals surface area contributed by atoms with Gasteiger partial charge < -0.3 is 10.4 Å². The van der Waals surface area contributed by atoms with Crippen molar-refractivity contribution < 1.29 is 9.50 Å². The molecule has 82 valence electrons. The summed E-state index contributed by atoms with van der Waals surface area (Å²) in [6, 6.07) is 3.31. The minimum absolute atomic E-state index is 0.199. The minimum Gasteiger partial charge on any atom is -0.505 e. The largest absolute Gasteiger partial charge is 0.505 e. The molecule has 1 heterocycles. The van der Waals surface area contributed by atoms with Crippen molar-refractivity contribution in [1.29, 1.82) is 0 Å². The van der Waals surface area contributed by atoms with Gasteiger partial charge in [-0.1, -0.05) is 6.07 Å². The van der Waals surface area contributed by atoms with Gasteiger partial charge in [0.05, 0.1) is 0 Å². The molecule has 1 aromatic carbocycles. The molecule has 0 amide bonds. The van der Waals surface area contributed by atoms with Crippen LogP contribution in [-0.2, 0) is 0 Å². The molecule has 0 bridgehead atoms. The van der Waals surface area contributed by atoms with E-state index in [4.69, 9.17) is 0 Å². The van der Waals surface area contributed by atoms with Gasteiger partial charge in [-0.2, -0.15) is 0 Å². The van der Waals surface area contributed by atoms with E-state index in [1.807, 2.05) is 13.0 Å². The third kappa shape index (κ3) is 2.12. The summed E-state index contributed by atoms with van der Waals surface area (Å²) in [4.78, 5) is 0. The van der Waals surface area contributed by atoms with Crippen LogP contribution in [0.3, 0.4) is 0 Å². The normalized spacial score (nSPS) is 21.6. The van der Waals surface area contributed by atoms with Crippen molar-refractivity contribution in [2.45, 2.75) is 25.7 Å². The highest BCUT2D eigenvalue weighted by atomic mass is 19.1. The Morgan fingerprint density at radius 1 is 1.47 bits per heavy atom. The lowest BCUT2D eigenvalue weighted by Gasteiger charge is -2.24. The smallest absolute Gasteiger partial charge is 0.168 e. The van der Waals surface area contributed by atoms with Gasteiger partial charge in [-0.15, -0.1) is 0 Å². The Bertz CT molecular complexity index is 359. The number of piperidine rings is 1. The van der Waals surface area contributed by atoms with E-state index in [0.29, 0.717) is 5.56 Å². The van der Waals surface area contributed by atoms with Crippen LogP contribution >= 0.6 is 0 Å². The van der Waals surface area contributed by atoms with E-state index in [1.54, 1.807) is 0 Å². The van der Waals surface area contributed by atoms with Crippen molar-refractivity contribution >= 4 is 0 Å². The fraction of sp³-hybridized carbons (Fsp3) is 0.500. The number of hydrogen-bond donors (Lipinski definition) is 2. The zero-order chi connectivity index (χ0) is 10.8. The predicted molar refractivity (Wildman–Crippen MR) is 57.6 cm³/mol. The van der Waals surface area contributed by atoms with Crippen molar-refractivity contribution in [2.75, 3.05) is 13.1 Å². The Labute approximate surface area is 89.1 Å². The number of nitrogens with one attached hydrogen (secondary N) is 1. The molecule has 1 aliphatic rings. The van der Waals surface area contributed by atoms with Gasteiger partial charge in [0.25, 0.3) is 0 Å². The Morgan fingerprint density at radius 3 is 2.93 bits per heavy atom. The molecule has 1 fully saturated rings. The second-order valence-electron chi connectivity index (χ2n) is 4.23. The van der Waals surface area contributed by atoms with E-state index in [9.17, 15) is 9.50 Å². The lowest BCUT2D eigenvalue weighted by Crippen LogP contribution is -2.28. The summed E-state index contributed by atoms with van der Waals surface area (Å²) >= 11 is 0. The van der Waals surface area contributed by atoms with Gasteiger partial charge in [0.2, 0.25) is 0 Å². The molecule has 2 rings (SSSR count). The van der Waals surface area contributed by atoms with Crippen LogP contribution in [0.4, 0.5) is 4.39 Å². The zero-order valence-corrected chi connectivity index (χ0v) is 8.89. The van der Waals surface area contributed by atoms with Crippen LogP contribution < -0.4 is 5.32 Å². The van der Waals surface area contributed by atoms with Crippen LogP contribution in [-0.4, -0.2) is 18.2 Å². The molecule has 0 spiro atoms. The quantitative estimate of drug-likeness (QED) is 0.744. The molecular formula is C12H16FNO. The number of hydrogen-bond acceptors (Lipinski definition) is 2. The van der Waals surface area contributed by atoms with Gasteiger partial charge >= 0.3 is 0 Å². The van der Waals surface area contributed by atoms with Crippen molar-refractivity contribution in [3.05, 3.63) is 29.1 Å².